The van der Waals surface area contributed by atoms with Gasteiger partial charge in [0.25, 0.3) is 0 Å². The van der Waals surface area contributed by atoms with E-state index in [4.69, 9.17) is 59.5 Å². The van der Waals surface area contributed by atoms with Crippen LogP contribution in [0.5, 0.6) is 11.5 Å². The van der Waals surface area contributed by atoms with Crippen molar-refractivity contribution in [2.45, 2.75) is 25.7 Å². The van der Waals surface area contributed by atoms with E-state index >= 15 is 0 Å². The molecule has 0 aliphatic rings. The molecule has 2 aromatic heterocycles. The van der Waals surface area contributed by atoms with Gasteiger partial charge in [-0.15, -0.1) is 0 Å². The van der Waals surface area contributed by atoms with E-state index in [0.29, 0.717) is 50.8 Å². The smallest absolute Gasteiger partial charge is 0.222 e. The number of carbonyl (C=O) groups excluding carboxylic acids is 2. The fourth-order valence-electron chi connectivity index (χ4n) is 3.86. The first-order chi connectivity index (χ1) is 23.6. The number of nitrogens with zero attached hydrogens (tertiary/aromatic N) is 4. The Balaban J connectivity index is 0.000000831. The van der Waals surface area contributed by atoms with Gasteiger partial charge in [-0.05, 0) is 78.5 Å². The molecule has 0 radical (unpaired) electrons. The van der Waals surface area contributed by atoms with Gasteiger partial charge in [-0.25, -0.2) is 19.9 Å². The average molecular weight is 804 g/mol. The third kappa shape index (κ3) is 18.2. The van der Waals surface area contributed by atoms with E-state index < -0.39 is 0 Å². The van der Waals surface area contributed by atoms with Crippen LogP contribution in [0.2, 0.25) is 15.3 Å². The molecule has 0 atom stereocenters. The SMILES string of the molecule is COCCCN.COCCCNc1ncc(CC(=O)c2cc(OC)ccc2Cl)cn1.COc1ccc(Cl)c(C(=O)Cc2cnc(Cl)nc2)c1.S.S. The third-order valence-electron chi connectivity index (χ3n) is 6.42. The summed E-state index contributed by atoms with van der Waals surface area (Å²) in [5.74, 6) is 1.47. The lowest BCUT2D eigenvalue weighted by Crippen LogP contribution is -2.09. The maximum Gasteiger partial charge on any atom is 0.222 e. The number of halogens is 3. The summed E-state index contributed by atoms with van der Waals surface area (Å²) >= 11 is 17.7. The molecule has 3 N–H and O–H groups in total. The summed E-state index contributed by atoms with van der Waals surface area (Å²) in [4.78, 5) is 40.6. The summed E-state index contributed by atoms with van der Waals surface area (Å²) in [6, 6.07) is 9.94. The molecule has 0 amide bonds. The van der Waals surface area contributed by atoms with E-state index in [9.17, 15) is 9.59 Å². The van der Waals surface area contributed by atoms with Crippen molar-refractivity contribution >= 4 is 79.3 Å². The van der Waals surface area contributed by atoms with Crippen LogP contribution >= 0.6 is 61.8 Å². The van der Waals surface area contributed by atoms with Crippen molar-refractivity contribution in [2.24, 2.45) is 5.73 Å². The molecule has 2 heterocycles. The summed E-state index contributed by atoms with van der Waals surface area (Å²) < 4.78 is 19.9. The standard InChI is InChI=1S/C17H20ClN3O3.C13H10Cl2N2O2.C4H11NO.2H2S/c1-23-7-3-6-19-17-20-10-12(11-21-17)8-16(22)14-9-13(24-2)4-5-15(14)18;1-19-9-2-3-11(14)10(5-9)12(18)4-8-6-16-13(15)17-7-8;1-6-4-2-3-5;;/h4-5,9-11H,3,6-8H2,1-2H3,(H,19,20,21);2-3,5-7H,4H2,1H3;2-5H2,1H3;2*1H2. The van der Waals surface area contributed by atoms with Crippen molar-refractivity contribution in [3.8, 4) is 11.5 Å². The maximum atomic E-state index is 12.4. The number of nitrogens with two attached hydrogens (primary N) is 1. The number of ether oxygens (including phenoxy) is 4. The van der Waals surface area contributed by atoms with Gasteiger partial charge in [0.15, 0.2) is 11.6 Å². The molecule has 0 saturated carbocycles. The number of aromatic nitrogens is 4. The van der Waals surface area contributed by atoms with Gasteiger partial charge in [0, 0.05) is 82.7 Å². The second kappa shape index (κ2) is 27.4. The number of carbonyl (C=O) groups is 2. The molecule has 0 fully saturated rings. The Morgan fingerprint density at radius 2 is 1.12 bits per heavy atom. The zero-order valence-electron chi connectivity index (χ0n) is 28.9. The highest BCUT2D eigenvalue weighted by Crippen LogP contribution is 2.24. The van der Waals surface area contributed by atoms with E-state index in [-0.39, 0.29) is 56.7 Å². The molecule has 280 valence electrons. The number of nitrogens with one attached hydrogen (secondary N) is 1. The summed E-state index contributed by atoms with van der Waals surface area (Å²) in [5.41, 5.74) is 7.37. The number of Topliss-reactive ketones (excluding diaryl/α,β-unsaturated/α-hetero) is 2. The van der Waals surface area contributed by atoms with Gasteiger partial charge in [-0.1, -0.05) is 23.2 Å². The molecule has 12 nitrogen and oxygen atoms in total. The first-order valence-electron chi connectivity index (χ1n) is 15.1. The van der Waals surface area contributed by atoms with Gasteiger partial charge in [0.1, 0.15) is 11.5 Å². The molecule has 4 rings (SSSR count). The molecule has 0 saturated heterocycles. The van der Waals surface area contributed by atoms with Crippen molar-refractivity contribution in [1.29, 1.82) is 0 Å². The highest BCUT2D eigenvalue weighted by molar-refractivity contribution is 7.59. The molecule has 0 aliphatic carbocycles. The lowest BCUT2D eigenvalue weighted by Gasteiger charge is -2.07. The van der Waals surface area contributed by atoms with E-state index in [0.717, 1.165) is 38.1 Å². The average Bonchev–Trinajstić information content (AvgIpc) is 3.11. The first kappa shape index (κ1) is 47.8. The third-order valence-corrected chi connectivity index (χ3v) is 7.27. The fraction of sp³-hybridized carbons (Fsp3) is 0.353. The quantitative estimate of drug-likeness (QED) is 0.0727. The van der Waals surface area contributed by atoms with Crippen LogP contribution in [0, 0.1) is 0 Å². The van der Waals surface area contributed by atoms with E-state index in [2.05, 4.69) is 25.3 Å². The largest absolute Gasteiger partial charge is 0.497 e. The van der Waals surface area contributed by atoms with E-state index in [1.807, 2.05) is 0 Å². The van der Waals surface area contributed by atoms with Gasteiger partial charge in [-0.3, -0.25) is 9.59 Å². The number of anilines is 1. The highest BCUT2D eigenvalue weighted by Gasteiger charge is 2.14. The van der Waals surface area contributed by atoms with Crippen LogP contribution in [0.3, 0.4) is 0 Å². The van der Waals surface area contributed by atoms with Crippen LogP contribution in [0.25, 0.3) is 0 Å². The monoisotopic (exact) mass is 802 g/mol. The second-order valence-corrected chi connectivity index (χ2v) is 11.2. The van der Waals surface area contributed by atoms with Crippen LogP contribution in [-0.2, 0) is 22.3 Å². The highest BCUT2D eigenvalue weighted by atomic mass is 35.5. The van der Waals surface area contributed by atoms with Crippen molar-refractivity contribution < 1.29 is 28.5 Å². The molecular formula is C34H45Cl3N6O6S2. The molecule has 17 heteroatoms. The van der Waals surface area contributed by atoms with Crippen molar-refractivity contribution in [2.75, 3.05) is 60.1 Å². The van der Waals surface area contributed by atoms with Gasteiger partial charge in [0.05, 0.1) is 24.3 Å². The van der Waals surface area contributed by atoms with Gasteiger partial charge < -0.3 is 30.0 Å². The maximum absolute atomic E-state index is 12.4. The Hall–Kier alpha value is -3.21. The lowest BCUT2D eigenvalue weighted by atomic mass is 10.0. The molecule has 2 aromatic carbocycles. The Bertz CT molecular complexity index is 1590. The summed E-state index contributed by atoms with van der Waals surface area (Å²) in [6.45, 7) is 2.93. The van der Waals surface area contributed by atoms with Crippen molar-refractivity contribution in [3.05, 3.63) is 98.8 Å². The van der Waals surface area contributed by atoms with Crippen LogP contribution in [0.4, 0.5) is 5.95 Å². The predicted molar refractivity (Wildman–Crippen MR) is 212 cm³/mol. The zero-order chi connectivity index (χ0) is 36.0. The number of ketones is 2. The van der Waals surface area contributed by atoms with Crippen molar-refractivity contribution in [3.63, 3.8) is 0 Å². The number of hydrogen-bond donors (Lipinski definition) is 2. The van der Waals surface area contributed by atoms with Gasteiger partial charge in [-0.2, -0.15) is 27.0 Å². The minimum Gasteiger partial charge on any atom is -0.497 e. The Kier molecular flexibility index (Phi) is 25.7. The number of rotatable bonds is 16. The molecular weight excluding hydrogens is 759 g/mol. The summed E-state index contributed by atoms with van der Waals surface area (Å²) in [7, 11) is 6.42. The van der Waals surface area contributed by atoms with Crippen LogP contribution in [0.1, 0.15) is 44.7 Å². The number of benzene rings is 2. The zero-order valence-corrected chi connectivity index (χ0v) is 33.1. The predicted octanol–water partition coefficient (Wildman–Crippen LogP) is 6.44. The number of hydrogen-bond acceptors (Lipinski definition) is 12. The molecule has 0 spiro atoms. The second-order valence-electron chi connectivity index (χ2n) is 10.1. The first-order valence-corrected chi connectivity index (χ1v) is 16.2. The van der Waals surface area contributed by atoms with E-state index in [1.165, 1.54) is 19.5 Å². The minimum atomic E-state index is -0.130. The van der Waals surface area contributed by atoms with Crippen LogP contribution in [-0.4, -0.2) is 86.2 Å². The Morgan fingerprint density at radius 1 is 0.686 bits per heavy atom. The van der Waals surface area contributed by atoms with Crippen molar-refractivity contribution in [1.82, 2.24) is 19.9 Å². The number of methoxy groups -OCH3 is 4. The molecule has 0 unspecified atom stereocenters. The summed E-state index contributed by atoms with van der Waals surface area (Å²) in [6.07, 6.45) is 8.48. The van der Waals surface area contributed by atoms with Crippen LogP contribution < -0.4 is 20.5 Å². The molecule has 51 heavy (non-hydrogen) atoms. The Morgan fingerprint density at radius 3 is 1.51 bits per heavy atom. The summed E-state index contributed by atoms with van der Waals surface area (Å²) in [5, 5.41) is 4.03. The van der Waals surface area contributed by atoms with Gasteiger partial charge in [0.2, 0.25) is 11.2 Å². The fourth-order valence-corrected chi connectivity index (χ4v) is 4.41. The van der Waals surface area contributed by atoms with Gasteiger partial charge >= 0.3 is 0 Å². The van der Waals surface area contributed by atoms with Crippen LogP contribution in [0.15, 0.2) is 61.2 Å². The lowest BCUT2D eigenvalue weighted by molar-refractivity contribution is 0.0984. The normalized spacial score (nSPS) is 9.80. The topological polar surface area (TPSA) is 161 Å². The van der Waals surface area contributed by atoms with E-state index in [1.54, 1.807) is 70.1 Å². The molecule has 0 bridgehead atoms. The molecule has 4 aromatic rings. The Labute approximate surface area is 328 Å². The molecule has 0 aliphatic heterocycles. The minimum absolute atomic E-state index is 0.